The lowest BCUT2D eigenvalue weighted by Crippen LogP contribution is -2.48. The van der Waals surface area contributed by atoms with E-state index in [0.717, 1.165) is 0 Å². The number of nitrogens with zero attached hydrogens (tertiary/aromatic N) is 3. The van der Waals surface area contributed by atoms with Gasteiger partial charge in [0.05, 0.1) is 6.61 Å². The number of nitrogens with two attached hydrogens (primary N) is 1. The average molecular weight is 426 g/mol. The molecule has 0 aromatic carbocycles. The molecule has 13 heteroatoms. The Morgan fingerprint density at radius 3 is 3.09 bits per heavy atom. The Balaban J connectivity index is 1.65. The molecule has 4 heterocycles. The van der Waals surface area contributed by atoms with Crippen LogP contribution in [0, 0.1) is 0 Å². The van der Waals surface area contributed by atoms with Crippen molar-refractivity contribution in [3.8, 4) is 0 Å². The molecule has 6 atom stereocenters. The molecule has 3 unspecified atom stereocenters. The molecule has 3 aliphatic rings. The number of anilines is 3. The third kappa shape index (κ3) is 2.53. The van der Waals surface area contributed by atoms with Gasteiger partial charge in [0.1, 0.15) is 30.3 Å². The molecule has 2 saturated heterocycles. The zero-order chi connectivity index (χ0) is 16.4. The zero-order valence-electron chi connectivity index (χ0n) is 11.4. The molecule has 5 N–H and O–H groups in total. The van der Waals surface area contributed by atoms with Gasteiger partial charge in [-0.25, -0.2) is 9.97 Å². The number of nitrogen functional groups attached to an aromatic ring is 1. The van der Waals surface area contributed by atoms with Crippen LogP contribution in [0.4, 0.5) is 17.3 Å². The number of ether oxygens (including phenoxy) is 1. The highest BCUT2D eigenvalue weighted by Crippen LogP contribution is 2.52. The number of aliphatic hydroxyl groups is 1. The number of hydrogen-bond acceptors (Lipinski definition) is 10. The van der Waals surface area contributed by atoms with E-state index in [9.17, 15) is 10.00 Å². The Morgan fingerprint density at radius 2 is 2.30 bits per heavy atom. The summed E-state index contributed by atoms with van der Waals surface area (Å²) in [6.45, 7) is -3.28. The van der Waals surface area contributed by atoms with Gasteiger partial charge in [-0.2, -0.15) is 0 Å². The van der Waals surface area contributed by atoms with Crippen LogP contribution < -0.4 is 16.0 Å². The summed E-state index contributed by atoms with van der Waals surface area (Å²) in [6, 6.07) is 0. The van der Waals surface area contributed by atoms with Crippen LogP contribution in [0.1, 0.15) is 0 Å². The number of aromatic nitrogens is 2. The fourth-order valence-corrected chi connectivity index (χ4v) is 4.94. The Labute approximate surface area is 144 Å². The zero-order valence-corrected chi connectivity index (χ0v) is 14.7. The molecule has 126 valence electrons. The van der Waals surface area contributed by atoms with Crippen molar-refractivity contribution in [2.24, 2.45) is 0 Å². The van der Waals surface area contributed by atoms with E-state index in [-0.39, 0.29) is 12.4 Å². The van der Waals surface area contributed by atoms with Crippen molar-refractivity contribution in [3.63, 3.8) is 0 Å². The van der Waals surface area contributed by atoms with Gasteiger partial charge in [0, 0.05) is 0 Å². The highest BCUT2D eigenvalue weighted by atomic mass is 79.9. The van der Waals surface area contributed by atoms with Gasteiger partial charge >= 0.3 is 6.72 Å². The molecule has 0 saturated carbocycles. The van der Waals surface area contributed by atoms with Crippen LogP contribution in [0.5, 0.6) is 0 Å². The van der Waals surface area contributed by atoms with Crippen molar-refractivity contribution in [2.75, 3.05) is 22.6 Å². The highest BCUT2D eigenvalue weighted by molar-refractivity contribution is 9.09. The number of halogens is 1. The normalized spacial score (nSPS) is 42.2. The molecule has 10 nitrogen and oxygen atoms in total. The van der Waals surface area contributed by atoms with Gasteiger partial charge in [0.15, 0.2) is 22.9 Å². The van der Waals surface area contributed by atoms with Crippen molar-refractivity contribution >= 4 is 51.8 Å². The molecule has 4 rings (SSSR count). The van der Waals surface area contributed by atoms with E-state index >= 15 is 0 Å². The van der Waals surface area contributed by atoms with Gasteiger partial charge in [-0.3, -0.25) is 9.42 Å². The number of nitrogens with one attached hydrogen (secondary N) is 1. The number of alkyl halides is 1. The fraction of sp³-hybridized carbons (Fsp3) is 0.600. The summed E-state index contributed by atoms with van der Waals surface area (Å²) < 4.78 is 16.2. The van der Waals surface area contributed by atoms with E-state index < -0.39 is 36.3 Å². The quantitative estimate of drug-likeness (QED) is 0.268. The lowest BCUT2D eigenvalue weighted by atomic mass is 10.1. The molecule has 0 radical (unpaired) electrons. The number of rotatable bonds is 1. The highest BCUT2D eigenvalue weighted by Gasteiger charge is 2.54. The molecule has 1 aromatic heterocycles. The van der Waals surface area contributed by atoms with Gasteiger partial charge in [-0.15, -0.1) is 0 Å². The molecule has 0 aliphatic carbocycles. The molecule has 2 fully saturated rings. The minimum atomic E-state index is -3.34. The van der Waals surface area contributed by atoms with E-state index in [4.69, 9.17) is 31.3 Å². The second-order valence-electron chi connectivity index (χ2n) is 5.23. The van der Waals surface area contributed by atoms with Gasteiger partial charge in [0.25, 0.3) is 0 Å². The van der Waals surface area contributed by atoms with Gasteiger partial charge in [0.2, 0.25) is 0 Å². The maximum atomic E-state index is 10.6. The first-order valence-corrected chi connectivity index (χ1v) is 10.2. The number of aliphatic hydroxyl groups excluding tert-OH is 1. The van der Waals surface area contributed by atoms with Crippen molar-refractivity contribution in [1.82, 2.24) is 9.97 Å². The maximum Gasteiger partial charge on any atom is 0.325 e. The molecule has 1 aromatic rings. The van der Waals surface area contributed by atoms with Crippen LogP contribution in [0.25, 0.3) is 0 Å². The summed E-state index contributed by atoms with van der Waals surface area (Å²) in [7, 11) is 0. The molecule has 0 amide bonds. The molecule has 0 bridgehead atoms. The third-order valence-electron chi connectivity index (χ3n) is 3.85. The largest absolute Gasteiger partial charge is 0.386 e. The van der Waals surface area contributed by atoms with Crippen molar-refractivity contribution in [1.29, 1.82) is 0 Å². The van der Waals surface area contributed by atoms with Gasteiger partial charge in [-0.1, -0.05) is 0 Å². The summed E-state index contributed by atoms with van der Waals surface area (Å²) in [6.07, 6.45) is -1.82. The second kappa shape index (κ2) is 5.46. The lowest BCUT2D eigenvalue weighted by Gasteiger charge is -2.31. The van der Waals surface area contributed by atoms with Crippen LogP contribution in [0.2, 0.25) is 0 Å². The smallest absolute Gasteiger partial charge is 0.325 e. The monoisotopic (exact) mass is 425 g/mol. The van der Waals surface area contributed by atoms with Gasteiger partial charge < -0.3 is 30.3 Å². The first kappa shape index (κ1) is 15.9. The lowest BCUT2D eigenvalue weighted by molar-refractivity contribution is -0.0424. The predicted molar refractivity (Wildman–Crippen MR) is 87.3 cm³/mol. The standard InChI is InChI=1S/C10H13BrN5O5PS/c11-10-15-4-7(12)13-2-14-8(4)16(10)9-5(17)6-3(20-9)1-19-22(18,23)21-6/h2-3,5-6,9-10,15,17H,1H2,(H,18,23)(H2,12,13,14)/t3?,5-,6+,9-,10?,22?/m1/s1. The first-order chi connectivity index (χ1) is 10.9. The SMILES string of the molecule is Nc1ncnc2c1NC(Br)N2[C@@H]1OC2COP(O)(=S)O[C@@H]2[C@H]1O. The maximum absolute atomic E-state index is 10.6. The molecule has 23 heavy (non-hydrogen) atoms. The summed E-state index contributed by atoms with van der Waals surface area (Å²) in [5.41, 5.74) is 6.38. The Hall–Kier alpha value is -0.590. The molecular weight excluding hydrogens is 413 g/mol. The first-order valence-electron chi connectivity index (χ1n) is 6.66. The topological polar surface area (TPSA) is 135 Å². The number of fused-ring (bicyclic) bond motifs is 2. The molecule has 0 spiro atoms. The Morgan fingerprint density at radius 1 is 1.52 bits per heavy atom. The average Bonchev–Trinajstić information content (AvgIpc) is 2.97. The van der Waals surface area contributed by atoms with E-state index in [1.54, 1.807) is 4.90 Å². The van der Waals surface area contributed by atoms with Crippen molar-refractivity contribution in [3.05, 3.63) is 6.33 Å². The van der Waals surface area contributed by atoms with E-state index in [1.807, 2.05) is 0 Å². The Bertz CT molecular complexity index is 700. The van der Waals surface area contributed by atoms with E-state index in [1.165, 1.54) is 6.33 Å². The van der Waals surface area contributed by atoms with Crippen molar-refractivity contribution < 1.29 is 23.8 Å². The van der Waals surface area contributed by atoms with Crippen LogP contribution >= 0.6 is 22.6 Å². The van der Waals surface area contributed by atoms with Crippen LogP contribution in [0.15, 0.2) is 6.33 Å². The predicted octanol–water partition coefficient (Wildman–Crippen LogP) is -0.313. The minimum Gasteiger partial charge on any atom is -0.386 e. The molecule has 3 aliphatic heterocycles. The summed E-state index contributed by atoms with van der Waals surface area (Å²) in [4.78, 5) is 19.6. The summed E-state index contributed by atoms with van der Waals surface area (Å²) in [5, 5.41) is 13.2. The summed E-state index contributed by atoms with van der Waals surface area (Å²) >= 11 is 8.28. The van der Waals surface area contributed by atoms with Crippen LogP contribution in [-0.2, 0) is 25.6 Å². The fourth-order valence-electron chi connectivity index (χ4n) is 2.83. The third-order valence-corrected chi connectivity index (χ3v) is 6.08. The van der Waals surface area contributed by atoms with E-state index in [2.05, 4.69) is 31.2 Å². The van der Waals surface area contributed by atoms with E-state index in [0.29, 0.717) is 11.5 Å². The molecular formula is C10H13BrN5O5PS. The van der Waals surface area contributed by atoms with Crippen LogP contribution in [0.3, 0.4) is 0 Å². The second-order valence-corrected chi connectivity index (χ2v) is 8.89. The minimum absolute atomic E-state index is 0.0546. The van der Waals surface area contributed by atoms with Gasteiger partial charge in [-0.05, 0) is 27.7 Å². The number of hydrogen-bond donors (Lipinski definition) is 4. The van der Waals surface area contributed by atoms with Crippen molar-refractivity contribution in [2.45, 2.75) is 29.6 Å². The summed E-state index contributed by atoms with van der Waals surface area (Å²) in [5.74, 6) is 0.781. The Kier molecular flexibility index (Phi) is 3.78. The van der Waals surface area contributed by atoms with Crippen LogP contribution in [-0.4, -0.2) is 56.2 Å².